The molecule has 336 valence electrons. The number of rotatable bonds is 26. The lowest BCUT2D eigenvalue weighted by atomic mass is 9.90. The number of hydrogen-bond donors (Lipinski definition) is 5. The van der Waals surface area contributed by atoms with E-state index in [1.807, 2.05) is 62.9 Å². The first-order valence-corrected chi connectivity index (χ1v) is 22.1. The summed E-state index contributed by atoms with van der Waals surface area (Å²) < 4.78 is 33.2. The third-order valence-corrected chi connectivity index (χ3v) is 11.2. The van der Waals surface area contributed by atoms with Crippen LogP contribution in [0.1, 0.15) is 65.0 Å². The van der Waals surface area contributed by atoms with Crippen molar-refractivity contribution in [2.45, 2.75) is 96.5 Å². The molecule has 6 atom stereocenters. The molecule has 4 amide bonds. The van der Waals surface area contributed by atoms with E-state index >= 15 is 0 Å². The van der Waals surface area contributed by atoms with Gasteiger partial charge in [0.2, 0.25) is 23.6 Å². The number of benzene rings is 2. The standard InChI is InChI=1S/C44H64N5O11P/c1-8-23-59-61(56,57-7)60-30-44(6,55)40(51)36(26-31(2)3)46-43(54)38(28-34-17-13-10-14-18-34)48-42(53)37(27-32(4)5)47-41(52)35(20-19-33-15-11-9-12-16-33)45-39(50)29-49-21-24-58-25-22-49/h1,9-18,31-32,35-38,55H,19-30H2,2-7H3,(H,45,50)(H,46,54)(H,47,52)(H,48,53)/t35-,36-,37-,38-,44+,61?/m0/s1. The highest BCUT2D eigenvalue weighted by Crippen LogP contribution is 2.49. The molecule has 0 radical (unpaired) electrons. The van der Waals surface area contributed by atoms with Gasteiger partial charge in [-0.15, -0.1) is 6.42 Å². The predicted molar refractivity (Wildman–Crippen MR) is 230 cm³/mol. The van der Waals surface area contributed by atoms with Crippen molar-refractivity contribution in [2.75, 3.05) is 53.2 Å². The number of aryl methyl sites for hydroxylation is 1. The topological polar surface area (TPSA) is 211 Å². The van der Waals surface area contributed by atoms with E-state index < -0.39 is 74.3 Å². The number of morpholine rings is 1. The van der Waals surface area contributed by atoms with E-state index in [1.165, 1.54) is 0 Å². The van der Waals surface area contributed by atoms with Crippen molar-refractivity contribution in [3.63, 3.8) is 0 Å². The molecule has 16 nitrogen and oxygen atoms in total. The first-order valence-electron chi connectivity index (χ1n) is 20.7. The van der Waals surface area contributed by atoms with Crippen molar-refractivity contribution >= 4 is 37.2 Å². The van der Waals surface area contributed by atoms with E-state index in [9.17, 15) is 33.6 Å². The summed E-state index contributed by atoms with van der Waals surface area (Å²) in [6.07, 6.45) is 6.25. The lowest BCUT2D eigenvalue weighted by molar-refractivity contribution is -0.144. The van der Waals surface area contributed by atoms with Crippen molar-refractivity contribution in [2.24, 2.45) is 11.8 Å². The molecule has 17 heteroatoms. The van der Waals surface area contributed by atoms with E-state index in [1.54, 1.807) is 30.3 Å². The average molecular weight is 870 g/mol. The Hall–Kier alpha value is -4.46. The molecule has 2 aromatic rings. The number of nitrogens with one attached hydrogen (secondary N) is 4. The second kappa shape index (κ2) is 25.5. The number of ether oxygens (including phenoxy) is 1. The van der Waals surface area contributed by atoms with Crippen molar-refractivity contribution in [3.05, 3.63) is 71.8 Å². The number of Topliss-reactive ketones (excluding diaryl/α,β-unsaturated/α-hetero) is 1. The van der Waals surface area contributed by atoms with Gasteiger partial charge in [0.15, 0.2) is 5.78 Å². The van der Waals surface area contributed by atoms with Crippen LogP contribution in [0.3, 0.4) is 0 Å². The molecule has 0 aromatic heterocycles. The van der Waals surface area contributed by atoms with E-state index in [0.717, 1.165) is 19.6 Å². The third kappa shape index (κ3) is 18.2. The minimum absolute atomic E-state index is 0.0175. The summed E-state index contributed by atoms with van der Waals surface area (Å²) in [6, 6.07) is 13.9. The van der Waals surface area contributed by atoms with Gasteiger partial charge in [0, 0.05) is 26.6 Å². The number of phosphoric acid groups is 1. The maximum Gasteiger partial charge on any atom is 0.475 e. The smallest absolute Gasteiger partial charge is 0.380 e. The second-order valence-electron chi connectivity index (χ2n) is 16.2. The van der Waals surface area contributed by atoms with Crippen LogP contribution in [0.4, 0.5) is 0 Å². The van der Waals surface area contributed by atoms with Crippen LogP contribution in [-0.2, 0) is 59.7 Å². The highest BCUT2D eigenvalue weighted by atomic mass is 31.2. The summed E-state index contributed by atoms with van der Waals surface area (Å²) in [5.41, 5.74) is -0.605. The lowest BCUT2D eigenvalue weighted by Gasteiger charge is -2.31. The van der Waals surface area contributed by atoms with Crippen molar-refractivity contribution in [3.8, 4) is 12.3 Å². The summed E-state index contributed by atoms with van der Waals surface area (Å²) in [5.74, 6) is -1.18. The van der Waals surface area contributed by atoms with Crippen LogP contribution in [-0.4, -0.2) is 122 Å². The van der Waals surface area contributed by atoms with Gasteiger partial charge in [-0.1, -0.05) is 94.3 Å². The number of nitrogens with zero attached hydrogens (tertiary/aromatic N) is 1. The second-order valence-corrected chi connectivity index (χ2v) is 18.0. The summed E-state index contributed by atoms with van der Waals surface area (Å²) in [7, 11) is -3.17. The highest BCUT2D eigenvalue weighted by Gasteiger charge is 2.41. The Morgan fingerprint density at radius 1 is 0.803 bits per heavy atom. The fraction of sp³-hybridized carbons (Fsp3) is 0.568. The molecular weight excluding hydrogens is 805 g/mol. The van der Waals surface area contributed by atoms with Crippen molar-refractivity contribution < 1.29 is 52.0 Å². The molecule has 1 unspecified atom stereocenters. The fourth-order valence-electron chi connectivity index (χ4n) is 6.62. The molecule has 1 fully saturated rings. The Labute approximate surface area is 360 Å². The minimum atomic E-state index is -4.22. The number of phosphoric ester groups is 1. The van der Waals surface area contributed by atoms with Crippen LogP contribution >= 0.6 is 7.82 Å². The van der Waals surface area contributed by atoms with Crippen LogP contribution < -0.4 is 21.3 Å². The lowest BCUT2D eigenvalue weighted by Crippen LogP contribution is -2.60. The summed E-state index contributed by atoms with van der Waals surface area (Å²) in [5, 5.41) is 22.6. The van der Waals surface area contributed by atoms with Crippen LogP contribution in [0.2, 0.25) is 0 Å². The zero-order valence-electron chi connectivity index (χ0n) is 36.2. The van der Waals surface area contributed by atoms with Crippen LogP contribution in [0.15, 0.2) is 60.7 Å². The van der Waals surface area contributed by atoms with Crippen LogP contribution in [0.5, 0.6) is 0 Å². The van der Waals surface area contributed by atoms with Gasteiger partial charge in [-0.2, -0.15) is 0 Å². The van der Waals surface area contributed by atoms with Crippen molar-refractivity contribution in [1.82, 2.24) is 26.2 Å². The largest absolute Gasteiger partial charge is 0.475 e. The fourth-order valence-corrected chi connectivity index (χ4v) is 7.55. The molecule has 3 rings (SSSR count). The molecule has 61 heavy (non-hydrogen) atoms. The number of aliphatic hydroxyl groups is 1. The monoisotopic (exact) mass is 869 g/mol. The SMILES string of the molecule is C#CCOP(=O)(OC)OC[C@@](C)(O)C(=O)[C@H](CC(C)C)NC(=O)[C@H](Cc1ccccc1)NC(=O)[C@H](CC(C)C)NC(=O)[C@H](CCc1ccccc1)NC(=O)CN1CCOCC1. The van der Waals surface area contributed by atoms with Gasteiger partial charge in [-0.25, -0.2) is 4.57 Å². The maximum absolute atomic E-state index is 14.2. The van der Waals surface area contributed by atoms with E-state index in [4.69, 9.17) is 24.7 Å². The average Bonchev–Trinajstić information content (AvgIpc) is 3.23. The third-order valence-electron chi connectivity index (χ3n) is 9.85. The molecule has 0 bridgehead atoms. The Morgan fingerprint density at radius 3 is 1.90 bits per heavy atom. The van der Waals surface area contributed by atoms with Gasteiger partial charge < -0.3 is 31.1 Å². The van der Waals surface area contributed by atoms with Gasteiger partial charge >= 0.3 is 7.82 Å². The molecule has 1 heterocycles. The first-order chi connectivity index (χ1) is 28.9. The van der Waals surface area contributed by atoms with Crippen molar-refractivity contribution in [1.29, 1.82) is 0 Å². The number of carbonyl (C=O) groups is 5. The van der Waals surface area contributed by atoms with Gasteiger partial charge in [0.05, 0.1) is 32.4 Å². The highest BCUT2D eigenvalue weighted by molar-refractivity contribution is 7.48. The molecule has 0 saturated carbocycles. The Morgan fingerprint density at radius 2 is 1.33 bits per heavy atom. The number of carbonyl (C=O) groups excluding carboxylic acids is 5. The molecule has 5 N–H and O–H groups in total. The zero-order valence-corrected chi connectivity index (χ0v) is 37.1. The normalized spacial score (nSPS) is 17.1. The van der Waals surface area contributed by atoms with Crippen LogP contribution in [0.25, 0.3) is 0 Å². The first kappa shape index (κ1) is 50.9. The Balaban J connectivity index is 1.86. The van der Waals surface area contributed by atoms with E-state index in [-0.39, 0.29) is 50.0 Å². The Bertz CT molecular complexity index is 1800. The molecule has 2 aromatic carbocycles. The summed E-state index contributed by atoms with van der Waals surface area (Å²) >= 11 is 0. The molecular formula is C44H64N5O11P. The molecule has 0 aliphatic carbocycles. The summed E-state index contributed by atoms with van der Waals surface area (Å²) in [6.45, 7) is 9.63. The number of hydrogen-bond acceptors (Lipinski definition) is 12. The predicted octanol–water partition coefficient (Wildman–Crippen LogP) is 2.97. The van der Waals surface area contributed by atoms with Crippen LogP contribution in [0, 0.1) is 24.2 Å². The molecule has 1 saturated heterocycles. The minimum Gasteiger partial charge on any atom is -0.380 e. The van der Waals surface area contributed by atoms with E-state index in [2.05, 4.69) is 27.2 Å². The zero-order chi connectivity index (χ0) is 45.0. The number of ketones is 1. The maximum atomic E-state index is 14.2. The Kier molecular flexibility index (Phi) is 21.2. The summed E-state index contributed by atoms with van der Waals surface area (Å²) in [4.78, 5) is 71.6. The van der Waals surface area contributed by atoms with Gasteiger partial charge in [0.1, 0.15) is 30.3 Å². The number of amides is 4. The van der Waals surface area contributed by atoms with Gasteiger partial charge in [-0.3, -0.25) is 42.4 Å². The molecule has 1 aliphatic heterocycles. The molecule has 0 spiro atoms. The quantitative estimate of drug-likeness (QED) is 0.0683. The van der Waals surface area contributed by atoms with Gasteiger partial charge in [0.25, 0.3) is 0 Å². The van der Waals surface area contributed by atoms with E-state index in [0.29, 0.717) is 38.3 Å². The molecule has 1 aliphatic rings. The number of terminal acetylenes is 1. The van der Waals surface area contributed by atoms with Gasteiger partial charge in [-0.05, 0) is 55.6 Å².